The van der Waals surface area contributed by atoms with Crippen molar-refractivity contribution in [3.8, 4) is 17.2 Å². The van der Waals surface area contributed by atoms with Crippen molar-refractivity contribution in [2.75, 3.05) is 19.5 Å². The topological polar surface area (TPSA) is 105 Å². The molecule has 0 unspecified atom stereocenters. The number of amides is 1. The quantitative estimate of drug-likeness (QED) is 0.641. The number of benzene rings is 2. The second kappa shape index (κ2) is 7.63. The number of rotatable bonds is 6. The van der Waals surface area contributed by atoms with E-state index >= 15 is 0 Å². The monoisotopic (exact) mass is 394 g/mol. The number of anilines is 1. The summed E-state index contributed by atoms with van der Waals surface area (Å²) >= 11 is 0. The van der Waals surface area contributed by atoms with Crippen molar-refractivity contribution in [3.63, 3.8) is 0 Å². The van der Waals surface area contributed by atoms with Crippen molar-refractivity contribution in [2.24, 2.45) is 0 Å². The number of carbonyl (C=O) groups excluding carboxylic acids is 2. The molecule has 2 aromatic carbocycles. The molecule has 0 radical (unpaired) electrons. The van der Waals surface area contributed by atoms with Crippen LogP contribution in [0.1, 0.15) is 28.4 Å². The van der Waals surface area contributed by atoms with Gasteiger partial charge in [0, 0.05) is 11.3 Å². The normalized spacial score (nSPS) is 14.8. The van der Waals surface area contributed by atoms with Gasteiger partial charge in [-0.05, 0) is 24.3 Å². The smallest absolute Gasteiger partial charge is 0.343 e. The Kier molecular flexibility index (Phi) is 4.86. The van der Waals surface area contributed by atoms with E-state index in [0.29, 0.717) is 28.3 Å². The van der Waals surface area contributed by atoms with E-state index < -0.39 is 12.1 Å². The maximum Gasteiger partial charge on any atom is 0.343 e. The summed E-state index contributed by atoms with van der Waals surface area (Å²) in [4.78, 5) is 24.9. The Morgan fingerprint density at radius 1 is 1.17 bits per heavy atom. The molecule has 1 amide bonds. The van der Waals surface area contributed by atoms with Crippen LogP contribution in [0.2, 0.25) is 0 Å². The Morgan fingerprint density at radius 2 is 1.97 bits per heavy atom. The van der Waals surface area contributed by atoms with Crippen LogP contribution in [0.4, 0.5) is 5.69 Å². The third kappa shape index (κ3) is 3.49. The van der Waals surface area contributed by atoms with Crippen LogP contribution in [0.25, 0.3) is 5.69 Å². The zero-order valence-corrected chi connectivity index (χ0v) is 15.8. The number of methoxy groups -OCH3 is 2. The lowest BCUT2D eigenvalue weighted by Gasteiger charge is -2.13. The maximum absolute atomic E-state index is 12.6. The van der Waals surface area contributed by atoms with Crippen LogP contribution in [-0.4, -0.2) is 40.9 Å². The first kappa shape index (κ1) is 18.5. The van der Waals surface area contributed by atoms with Crippen LogP contribution < -0.4 is 14.8 Å². The first-order chi connectivity index (χ1) is 14.1. The molecule has 29 heavy (non-hydrogen) atoms. The zero-order valence-electron chi connectivity index (χ0n) is 15.8. The molecule has 0 fully saturated rings. The van der Waals surface area contributed by atoms with Gasteiger partial charge in [-0.3, -0.25) is 9.36 Å². The summed E-state index contributed by atoms with van der Waals surface area (Å²) in [7, 11) is 2.94. The molecular weight excluding hydrogens is 376 g/mol. The lowest BCUT2D eigenvalue weighted by molar-refractivity contribution is -0.118. The Morgan fingerprint density at radius 3 is 2.69 bits per heavy atom. The Bertz CT molecular complexity index is 1060. The van der Waals surface area contributed by atoms with E-state index in [-0.39, 0.29) is 12.3 Å². The predicted octanol–water partition coefficient (Wildman–Crippen LogP) is 2.52. The lowest BCUT2D eigenvalue weighted by atomic mass is 10.0. The number of hydrogen-bond donors (Lipinski definition) is 1. The van der Waals surface area contributed by atoms with Gasteiger partial charge in [-0.25, -0.2) is 4.79 Å². The van der Waals surface area contributed by atoms with Crippen LogP contribution in [0.5, 0.6) is 11.5 Å². The Labute approximate surface area is 166 Å². The molecule has 1 aliphatic rings. The Balaban J connectivity index is 1.51. The van der Waals surface area contributed by atoms with Gasteiger partial charge in [0.1, 0.15) is 24.3 Å². The summed E-state index contributed by atoms with van der Waals surface area (Å²) in [5, 5.41) is 10.4. The lowest BCUT2D eigenvalue weighted by Crippen LogP contribution is -2.16. The predicted molar refractivity (Wildman–Crippen MR) is 102 cm³/mol. The van der Waals surface area contributed by atoms with E-state index in [2.05, 4.69) is 15.5 Å². The molecule has 1 atom stereocenters. The third-order valence-electron chi connectivity index (χ3n) is 4.60. The fourth-order valence-electron chi connectivity index (χ4n) is 3.28. The molecule has 9 nitrogen and oxygen atoms in total. The van der Waals surface area contributed by atoms with Crippen molar-refractivity contribution in [3.05, 3.63) is 60.2 Å². The average Bonchev–Trinajstić information content (AvgIpc) is 3.36. The summed E-state index contributed by atoms with van der Waals surface area (Å²) in [5.74, 6) is -0.0897. The van der Waals surface area contributed by atoms with Gasteiger partial charge in [-0.2, -0.15) is 0 Å². The molecular formula is C20H18N4O5. The SMILES string of the molecule is COc1ccc2c(c1OC)C(=O)O[C@@H]2CC(=O)Nc1cccc(-n2cnnc2)c1. The van der Waals surface area contributed by atoms with E-state index in [1.807, 2.05) is 12.1 Å². The molecule has 0 spiro atoms. The van der Waals surface area contributed by atoms with Gasteiger partial charge in [0.25, 0.3) is 0 Å². The number of cyclic esters (lactones) is 1. The minimum absolute atomic E-state index is 0.0227. The highest BCUT2D eigenvalue weighted by Gasteiger charge is 2.36. The highest BCUT2D eigenvalue weighted by Crippen LogP contribution is 2.43. The number of aromatic nitrogens is 3. The summed E-state index contributed by atoms with van der Waals surface area (Å²) in [6, 6.07) is 10.7. The summed E-state index contributed by atoms with van der Waals surface area (Å²) in [6.45, 7) is 0. The minimum atomic E-state index is -0.696. The highest BCUT2D eigenvalue weighted by atomic mass is 16.6. The van der Waals surface area contributed by atoms with E-state index in [9.17, 15) is 9.59 Å². The first-order valence-electron chi connectivity index (χ1n) is 8.81. The summed E-state index contributed by atoms with van der Waals surface area (Å²) in [5.41, 5.74) is 2.31. The molecule has 9 heteroatoms. The minimum Gasteiger partial charge on any atom is -0.493 e. The molecule has 148 valence electrons. The first-order valence-corrected chi connectivity index (χ1v) is 8.81. The number of nitrogens with one attached hydrogen (secondary N) is 1. The summed E-state index contributed by atoms with van der Waals surface area (Å²) < 4.78 is 17.7. The molecule has 1 aliphatic heterocycles. The average molecular weight is 394 g/mol. The van der Waals surface area contributed by atoms with Gasteiger partial charge in [0.05, 0.1) is 26.3 Å². The van der Waals surface area contributed by atoms with Gasteiger partial charge >= 0.3 is 5.97 Å². The Hall–Kier alpha value is -3.88. The zero-order chi connectivity index (χ0) is 20.4. The third-order valence-corrected chi connectivity index (χ3v) is 4.60. The van der Waals surface area contributed by atoms with Gasteiger partial charge in [0.2, 0.25) is 5.91 Å². The van der Waals surface area contributed by atoms with Gasteiger partial charge in [-0.15, -0.1) is 10.2 Å². The number of fused-ring (bicyclic) bond motifs is 1. The molecule has 1 aromatic heterocycles. The maximum atomic E-state index is 12.6. The van der Waals surface area contributed by atoms with Crippen molar-refractivity contribution in [1.29, 1.82) is 0 Å². The molecule has 4 rings (SSSR count). The van der Waals surface area contributed by atoms with Crippen LogP contribution in [0.3, 0.4) is 0 Å². The fraction of sp³-hybridized carbons (Fsp3) is 0.200. The molecule has 0 bridgehead atoms. The van der Waals surface area contributed by atoms with E-state index in [4.69, 9.17) is 14.2 Å². The molecule has 0 saturated carbocycles. The van der Waals surface area contributed by atoms with Gasteiger partial charge < -0.3 is 19.5 Å². The number of hydrogen-bond acceptors (Lipinski definition) is 7. The van der Waals surface area contributed by atoms with Crippen LogP contribution in [-0.2, 0) is 9.53 Å². The molecule has 0 aliphatic carbocycles. The van der Waals surface area contributed by atoms with Crippen molar-refractivity contribution < 1.29 is 23.8 Å². The van der Waals surface area contributed by atoms with E-state index in [1.54, 1.807) is 41.5 Å². The van der Waals surface area contributed by atoms with Crippen LogP contribution >= 0.6 is 0 Å². The largest absolute Gasteiger partial charge is 0.493 e. The van der Waals surface area contributed by atoms with Crippen molar-refractivity contribution in [2.45, 2.75) is 12.5 Å². The van der Waals surface area contributed by atoms with Gasteiger partial charge in [0.15, 0.2) is 11.5 Å². The molecule has 2 heterocycles. The molecule has 0 saturated heterocycles. The fourth-order valence-corrected chi connectivity index (χ4v) is 3.28. The van der Waals surface area contributed by atoms with E-state index in [1.165, 1.54) is 14.2 Å². The summed E-state index contributed by atoms with van der Waals surface area (Å²) in [6.07, 6.45) is 2.42. The number of ether oxygens (including phenoxy) is 3. The number of nitrogens with zero attached hydrogens (tertiary/aromatic N) is 3. The number of esters is 1. The molecule has 1 N–H and O–H groups in total. The standard InChI is InChI=1S/C20H18N4O5/c1-27-15-7-6-14-16(29-20(26)18(14)19(15)28-2)9-17(25)23-12-4-3-5-13(8-12)24-10-21-22-11-24/h3-8,10-11,16H,9H2,1-2H3,(H,23,25)/t16-/m1/s1. The second-order valence-electron chi connectivity index (χ2n) is 6.33. The van der Waals surface area contributed by atoms with Crippen LogP contribution in [0, 0.1) is 0 Å². The highest BCUT2D eigenvalue weighted by molar-refractivity contribution is 5.99. The number of carbonyl (C=O) groups is 2. The second-order valence-corrected chi connectivity index (χ2v) is 6.33. The van der Waals surface area contributed by atoms with Crippen LogP contribution in [0.15, 0.2) is 49.1 Å². The van der Waals surface area contributed by atoms with Crippen molar-refractivity contribution >= 4 is 17.6 Å². The van der Waals surface area contributed by atoms with Crippen molar-refractivity contribution in [1.82, 2.24) is 14.8 Å². The molecule has 3 aromatic rings. The van der Waals surface area contributed by atoms with Gasteiger partial charge in [-0.1, -0.05) is 12.1 Å². The van der Waals surface area contributed by atoms with E-state index in [0.717, 1.165) is 5.69 Å².